The van der Waals surface area contributed by atoms with Gasteiger partial charge in [0.25, 0.3) is 0 Å². The van der Waals surface area contributed by atoms with Gasteiger partial charge in [0.05, 0.1) is 6.61 Å². The highest BCUT2D eigenvalue weighted by molar-refractivity contribution is 6.06. The lowest BCUT2D eigenvalue weighted by molar-refractivity contribution is -0.114. The standard InChI is InChI=1S/C21H21NO4/c1-4-24-19-9-14(22(2)3)5-6-16(19)18-10-15(23)7-13-8-20-21(11-17(13)18)26-12-25-20/h5-6,8-11H,4,7,12H2,1-3H3. The predicted octanol–water partition coefficient (Wildman–Crippen LogP) is 3.44. The molecule has 0 fully saturated rings. The minimum absolute atomic E-state index is 0.0745. The van der Waals surface area contributed by atoms with E-state index < -0.39 is 0 Å². The van der Waals surface area contributed by atoms with Gasteiger partial charge in [-0.15, -0.1) is 0 Å². The van der Waals surface area contributed by atoms with E-state index in [-0.39, 0.29) is 12.6 Å². The van der Waals surface area contributed by atoms with E-state index in [4.69, 9.17) is 14.2 Å². The smallest absolute Gasteiger partial charge is 0.231 e. The molecule has 1 aliphatic heterocycles. The monoisotopic (exact) mass is 351 g/mol. The Hall–Kier alpha value is -2.95. The normalized spacial score (nSPS) is 14.7. The van der Waals surface area contributed by atoms with Crippen LogP contribution in [0.5, 0.6) is 17.2 Å². The van der Waals surface area contributed by atoms with E-state index in [0.29, 0.717) is 24.5 Å². The van der Waals surface area contributed by atoms with E-state index in [2.05, 4.69) is 0 Å². The van der Waals surface area contributed by atoms with Crippen LogP contribution in [0.15, 0.2) is 36.4 Å². The number of fused-ring (bicyclic) bond motifs is 2. The number of hydrogen-bond acceptors (Lipinski definition) is 5. The first-order valence-electron chi connectivity index (χ1n) is 8.68. The Morgan fingerprint density at radius 1 is 1.08 bits per heavy atom. The molecule has 0 atom stereocenters. The third-order valence-electron chi connectivity index (χ3n) is 4.63. The number of ketones is 1. The van der Waals surface area contributed by atoms with Crippen LogP contribution in [0.2, 0.25) is 0 Å². The van der Waals surface area contributed by atoms with Crippen molar-refractivity contribution in [3.63, 3.8) is 0 Å². The Morgan fingerprint density at radius 2 is 1.85 bits per heavy atom. The lowest BCUT2D eigenvalue weighted by Gasteiger charge is -2.22. The van der Waals surface area contributed by atoms with Crippen LogP contribution in [0, 0.1) is 0 Å². The fraction of sp³-hybridized carbons (Fsp3) is 0.286. The summed E-state index contributed by atoms with van der Waals surface area (Å²) in [4.78, 5) is 14.4. The maximum Gasteiger partial charge on any atom is 0.231 e. The van der Waals surface area contributed by atoms with Gasteiger partial charge in [0.15, 0.2) is 17.3 Å². The third kappa shape index (κ3) is 2.79. The molecule has 2 aliphatic rings. The van der Waals surface area contributed by atoms with Gasteiger partial charge in [-0.25, -0.2) is 0 Å². The molecule has 0 bridgehead atoms. The van der Waals surface area contributed by atoms with E-state index in [1.807, 2.05) is 56.3 Å². The van der Waals surface area contributed by atoms with Crippen molar-refractivity contribution in [2.45, 2.75) is 13.3 Å². The second-order valence-corrected chi connectivity index (χ2v) is 6.57. The van der Waals surface area contributed by atoms with Crippen molar-refractivity contribution >= 4 is 17.0 Å². The minimum Gasteiger partial charge on any atom is -0.493 e. The van der Waals surface area contributed by atoms with Crippen LogP contribution in [-0.2, 0) is 11.2 Å². The fourth-order valence-corrected chi connectivity index (χ4v) is 3.37. The van der Waals surface area contributed by atoms with Gasteiger partial charge < -0.3 is 19.1 Å². The highest BCUT2D eigenvalue weighted by Gasteiger charge is 2.26. The largest absolute Gasteiger partial charge is 0.493 e. The minimum atomic E-state index is 0.0745. The average Bonchev–Trinajstić information content (AvgIpc) is 3.06. The van der Waals surface area contributed by atoms with Crippen LogP contribution in [-0.4, -0.2) is 33.3 Å². The van der Waals surface area contributed by atoms with E-state index in [1.54, 1.807) is 6.08 Å². The van der Waals surface area contributed by atoms with Crippen LogP contribution in [0.4, 0.5) is 5.69 Å². The van der Waals surface area contributed by atoms with Gasteiger partial charge in [0, 0.05) is 37.8 Å². The highest BCUT2D eigenvalue weighted by atomic mass is 16.7. The number of hydrogen-bond donors (Lipinski definition) is 0. The lowest BCUT2D eigenvalue weighted by Crippen LogP contribution is -2.12. The van der Waals surface area contributed by atoms with E-state index in [9.17, 15) is 4.79 Å². The van der Waals surface area contributed by atoms with Gasteiger partial charge in [-0.05, 0) is 54.0 Å². The van der Waals surface area contributed by atoms with Gasteiger partial charge in [-0.3, -0.25) is 4.79 Å². The summed E-state index contributed by atoms with van der Waals surface area (Å²) in [6.07, 6.45) is 2.08. The molecular weight excluding hydrogens is 330 g/mol. The quantitative estimate of drug-likeness (QED) is 0.844. The van der Waals surface area contributed by atoms with Crippen molar-refractivity contribution in [3.8, 4) is 17.2 Å². The molecule has 2 aromatic rings. The Morgan fingerprint density at radius 3 is 2.58 bits per heavy atom. The van der Waals surface area contributed by atoms with Crippen LogP contribution < -0.4 is 19.1 Å². The highest BCUT2D eigenvalue weighted by Crippen LogP contribution is 2.43. The van der Waals surface area contributed by atoms with Crippen LogP contribution in [0.25, 0.3) is 5.57 Å². The van der Waals surface area contributed by atoms with Gasteiger partial charge in [0.1, 0.15) is 5.75 Å². The van der Waals surface area contributed by atoms with Gasteiger partial charge >= 0.3 is 0 Å². The second-order valence-electron chi connectivity index (χ2n) is 6.57. The van der Waals surface area contributed by atoms with Gasteiger partial charge in [-0.1, -0.05) is 0 Å². The van der Waals surface area contributed by atoms with E-state index in [0.717, 1.165) is 33.7 Å². The molecule has 0 unspecified atom stereocenters. The number of nitrogens with zero attached hydrogens (tertiary/aromatic N) is 1. The summed E-state index contributed by atoms with van der Waals surface area (Å²) in [6.45, 7) is 2.73. The van der Waals surface area contributed by atoms with Crippen molar-refractivity contribution in [1.82, 2.24) is 0 Å². The number of ether oxygens (including phenoxy) is 3. The van der Waals surface area contributed by atoms with Crippen molar-refractivity contribution in [2.75, 3.05) is 32.4 Å². The van der Waals surface area contributed by atoms with Crippen LogP contribution in [0.1, 0.15) is 23.6 Å². The Bertz CT molecular complexity index is 914. The topological polar surface area (TPSA) is 48.0 Å². The summed E-state index contributed by atoms with van der Waals surface area (Å²) in [5.41, 5.74) is 4.77. The predicted molar refractivity (Wildman–Crippen MR) is 100 cm³/mol. The van der Waals surface area contributed by atoms with Crippen LogP contribution in [0.3, 0.4) is 0 Å². The number of rotatable bonds is 4. The maximum absolute atomic E-state index is 12.4. The van der Waals surface area contributed by atoms with Gasteiger partial charge in [0.2, 0.25) is 6.79 Å². The molecule has 5 heteroatoms. The van der Waals surface area contributed by atoms with Crippen molar-refractivity contribution < 1.29 is 19.0 Å². The summed E-state index contributed by atoms with van der Waals surface area (Å²) in [5.74, 6) is 2.26. The van der Waals surface area contributed by atoms with E-state index >= 15 is 0 Å². The summed E-state index contributed by atoms with van der Waals surface area (Å²) < 4.78 is 16.9. The first-order valence-corrected chi connectivity index (χ1v) is 8.68. The first-order chi connectivity index (χ1) is 12.6. The molecule has 1 heterocycles. The molecule has 5 nitrogen and oxygen atoms in total. The number of benzene rings is 2. The first kappa shape index (κ1) is 16.5. The lowest BCUT2D eigenvalue weighted by atomic mass is 9.85. The molecule has 0 spiro atoms. The molecule has 134 valence electrons. The molecule has 4 rings (SSSR count). The molecule has 0 amide bonds. The molecule has 0 saturated heterocycles. The van der Waals surface area contributed by atoms with Crippen molar-refractivity contribution in [2.24, 2.45) is 0 Å². The summed E-state index contributed by atoms with van der Waals surface area (Å²) in [7, 11) is 3.98. The molecule has 0 aromatic heterocycles. The molecule has 0 N–H and O–H groups in total. The molecule has 0 saturated carbocycles. The maximum atomic E-state index is 12.4. The molecule has 0 radical (unpaired) electrons. The Balaban J connectivity index is 1.87. The van der Waals surface area contributed by atoms with Crippen molar-refractivity contribution in [1.29, 1.82) is 0 Å². The summed E-state index contributed by atoms with van der Waals surface area (Å²) in [5, 5.41) is 0. The van der Waals surface area contributed by atoms with Gasteiger partial charge in [-0.2, -0.15) is 0 Å². The Kier molecular flexibility index (Phi) is 4.07. The fourth-order valence-electron chi connectivity index (χ4n) is 3.37. The summed E-state index contributed by atoms with van der Waals surface area (Å²) >= 11 is 0. The molecule has 2 aromatic carbocycles. The zero-order valence-corrected chi connectivity index (χ0v) is 15.2. The van der Waals surface area contributed by atoms with Crippen molar-refractivity contribution in [3.05, 3.63) is 53.1 Å². The Labute approximate surface area is 152 Å². The number of carbonyl (C=O) groups excluding carboxylic acids is 1. The number of anilines is 1. The molecule has 26 heavy (non-hydrogen) atoms. The second kappa shape index (κ2) is 6.41. The SMILES string of the molecule is CCOc1cc(N(C)C)ccc1C1=CC(=O)Cc2cc3c(cc21)OCO3. The van der Waals surface area contributed by atoms with E-state index in [1.165, 1.54) is 0 Å². The molecular formula is C21H21NO4. The zero-order chi connectivity index (χ0) is 18.3. The zero-order valence-electron chi connectivity index (χ0n) is 15.2. The number of carbonyl (C=O) groups is 1. The average molecular weight is 351 g/mol. The molecule has 1 aliphatic carbocycles. The number of allylic oxidation sites excluding steroid dienone is 1. The third-order valence-corrected chi connectivity index (χ3v) is 4.63. The van der Waals surface area contributed by atoms with Crippen LogP contribution >= 0.6 is 0 Å². The summed E-state index contributed by atoms with van der Waals surface area (Å²) in [6, 6.07) is 9.93.